The van der Waals surface area contributed by atoms with Crippen LogP contribution in [0, 0.1) is 0 Å². The third kappa shape index (κ3) is 6.64. The molecule has 0 saturated carbocycles. The molecule has 0 aliphatic heterocycles. The zero-order valence-electron chi connectivity index (χ0n) is 20.9. The highest BCUT2D eigenvalue weighted by Gasteiger charge is 2.37. The van der Waals surface area contributed by atoms with Gasteiger partial charge in [-0.25, -0.2) is 4.98 Å². The average molecular weight is 532 g/mol. The molecule has 0 unspecified atom stereocenters. The molecule has 3 nitrogen and oxygen atoms in total. The molecule has 0 fully saturated rings. The Kier molecular flexibility index (Phi) is 7.97. The van der Waals surface area contributed by atoms with Crippen molar-refractivity contribution in [2.75, 3.05) is 18.5 Å². The summed E-state index contributed by atoms with van der Waals surface area (Å²) in [6.45, 7) is 3.43. The van der Waals surface area contributed by atoms with Crippen LogP contribution in [0.2, 0.25) is 0 Å². The fourth-order valence-corrected chi connectivity index (χ4v) is 4.45. The van der Waals surface area contributed by atoms with Gasteiger partial charge in [-0.1, -0.05) is 48.5 Å². The normalized spacial score (nSPS) is 12.3. The molecule has 0 radical (unpaired) electrons. The Morgan fingerprint density at radius 2 is 1.29 bits per heavy atom. The fourth-order valence-electron chi connectivity index (χ4n) is 4.45. The molecular weight excluding hydrogens is 504 g/mol. The topological polar surface area (TPSA) is 19.4 Å². The number of rotatable bonds is 8. The number of hydrogen-bond donors (Lipinski definition) is 0. The van der Waals surface area contributed by atoms with Gasteiger partial charge >= 0.3 is 12.4 Å². The third-order valence-corrected chi connectivity index (χ3v) is 6.22. The lowest BCUT2D eigenvalue weighted by atomic mass is 10.0. The number of halogens is 6. The summed E-state index contributed by atoms with van der Waals surface area (Å²) >= 11 is 0. The summed E-state index contributed by atoms with van der Waals surface area (Å²) in [7, 11) is 1.67. The van der Waals surface area contributed by atoms with Gasteiger partial charge in [-0.2, -0.15) is 26.3 Å². The van der Waals surface area contributed by atoms with Crippen LogP contribution in [0.3, 0.4) is 0 Å². The van der Waals surface area contributed by atoms with Crippen molar-refractivity contribution in [3.8, 4) is 0 Å². The van der Waals surface area contributed by atoms with E-state index < -0.39 is 23.5 Å². The number of aromatic nitrogens is 1. The zero-order valence-corrected chi connectivity index (χ0v) is 20.9. The van der Waals surface area contributed by atoms with Crippen LogP contribution < -0.4 is 4.90 Å². The van der Waals surface area contributed by atoms with Crippen LogP contribution in [0.25, 0.3) is 10.9 Å². The lowest BCUT2D eigenvalue weighted by Gasteiger charge is -2.27. The van der Waals surface area contributed by atoms with Crippen molar-refractivity contribution in [1.29, 1.82) is 0 Å². The number of pyridine rings is 1. The maximum Gasteiger partial charge on any atom is 0.416 e. The summed E-state index contributed by atoms with van der Waals surface area (Å²) in [5, 5.41) is 0.897. The van der Waals surface area contributed by atoms with E-state index in [0.717, 1.165) is 40.0 Å². The van der Waals surface area contributed by atoms with Crippen molar-refractivity contribution in [3.63, 3.8) is 0 Å². The molecule has 4 aromatic rings. The molecule has 0 aliphatic carbocycles. The summed E-state index contributed by atoms with van der Waals surface area (Å²) in [6.07, 6.45) is -9.77. The monoisotopic (exact) mass is 531 g/mol. The molecule has 0 N–H and O–H groups in total. The summed E-state index contributed by atoms with van der Waals surface area (Å²) in [5.74, 6) is 0.724. The van der Waals surface area contributed by atoms with Gasteiger partial charge in [-0.15, -0.1) is 0 Å². The number of hydrogen-bond acceptors (Lipinski definition) is 3. The van der Waals surface area contributed by atoms with Crippen LogP contribution in [0.1, 0.15) is 34.7 Å². The van der Waals surface area contributed by atoms with E-state index in [4.69, 9.17) is 4.98 Å². The standard InChI is InChI=1S/C29H27F6N3/c1-3-38(18-20-9-5-4-6-10-20)27-23(15-22-11-7-8-12-26(22)36-27)19-37(2)17-21-13-24(28(30,31)32)16-25(14-21)29(33,34)35/h4-16H,3,17-19H2,1-2H3. The van der Waals surface area contributed by atoms with Gasteiger partial charge in [0.25, 0.3) is 0 Å². The minimum Gasteiger partial charge on any atom is -0.352 e. The highest BCUT2D eigenvalue weighted by molar-refractivity contribution is 5.81. The quantitative estimate of drug-likeness (QED) is 0.215. The van der Waals surface area contributed by atoms with E-state index in [0.29, 0.717) is 13.1 Å². The summed E-state index contributed by atoms with van der Waals surface area (Å²) < 4.78 is 80.0. The predicted octanol–water partition coefficient (Wildman–Crippen LogP) is 7.93. The number of alkyl halides is 6. The fraction of sp³-hybridized carbons (Fsp3) is 0.276. The number of para-hydroxylation sites is 1. The van der Waals surface area contributed by atoms with Crippen LogP contribution >= 0.6 is 0 Å². The van der Waals surface area contributed by atoms with Gasteiger partial charge in [-0.05, 0) is 55.4 Å². The summed E-state index contributed by atoms with van der Waals surface area (Å²) in [4.78, 5) is 8.70. The maximum absolute atomic E-state index is 13.3. The molecule has 1 aromatic heterocycles. The molecular formula is C29H27F6N3. The molecule has 0 saturated heterocycles. The van der Waals surface area contributed by atoms with E-state index in [-0.39, 0.29) is 24.7 Å². The number of benzene rings is 3. The van der Waals surface area contributed by atoms with Crippen LogP contribution in [0.4, 0.5) is 32.2 Å². The smallest absolute Gasteiger partial charge is 0.352 e. The molecule has 0 bridgehead atoms. The molecule has 38 heavy (non-hydrogen) atoms. The molecule has 200 valence electrons. The first-order chi connectivity index (χ1) is 17.9. The largest absolute Gasteiger partial charge is 0.416 e. The van der Waals surface area contributed by atoms with Crippen molar-refractivity contribution >= 4 is 16.7 Å². The van der Waals surface area contributed by atoms with Crippen molar-refractivity contribution in [3.05, 3.63) is 107 Å². The van der Waals surface area contributed by atoms with Crippen LogP contribution in [-0.2, 0) is 32.0 Å². The van der Waals surface area contributed by atoms with Crippen molar-refractivity contribution in [2.45, 2.75) is 38.9 Å². The van der Waals surface area contributed by atoms with E-state index in [1.807, 2.05) is 67.6 Å². The molecule has 0 aliphatic rings. The van der Waals surface area contributed by atoms with Gasteiger partial charge < -0.3 is 4.90 Å². The molecule has 3 aromatic carbocycles. The maximum atomic E-state index is 13.3. The van der Waals surface area contributed by atoms with E-state index in [1.54, 1.807) is 11.9 Å². The first kappa shape index (κ1) is 27.4. The molecule has 0 amide bonds. The molecule has 0 atom stereocenters. The van der Waals surface area contributed by atoms with Crippen molar-refractivity contribution < 1.29 is 26.3 Å². The highest BCUT2D eigenvalue weighted by atomic mass is 19.4. The van der Waals surface area contributed by atoms with Crippen molar-refractivity contribution in [1.82, 2.24) is 9.88 Å². The third-order valence-electron chi connectivity index (χ3n) is 6.22. The second kappa shape index (κ2) is 11.0. The Balaban J connectivity index is 1.67. The Hall–Kier alpha value is -3.59. The SMILES string of the molecule is CCN(Cc1ccccc1)c1nc2ccccc2cc1CN(C)Cc1cc(C(F)(F)F)cc(C(F)(F)F)c1. The van der Waals surface area contributed by atoms with Gasteiger partial charge in [0.1, 0.15) is 5.82 Å². The number of fused-ring (bicyclic) bond motifs is 1. The van der Waals surface area contributed by atoms with E-state index in [2.05, 4.69) is 4.90 Å². The van der Waals surface area contributed by atoms with Crippen molar-refractivity contribution in [2.24, 2.45) is 0 Å². The summed E-state index contributed by atoms with van der Waals surface area (Å²) in [6, 6.07) is 21.2. The number of anilines is 1. The van der Waals surface area contributed by atoms with E-state index >= 15 is 0 Å². The Morgan fingerprint density at radius 1 is 0.684 bits per heavy atom. The van der Waals surface area contributed by atoms with Gasteiger partial charge in [0, 0.05) is 37.1 Å². The minimum atomic E-state index is -4.89. The zero-order chi connectivity index (χ0) is 27.5. The molecule has 0 spiro atoms. The first-order valence-corrected chi connectivity index (χ1v) is 12.1. The molecule has 1 heterocycles. The van der Waals surface area contributed by atoms with E-state index in [9.17, 15) is 26.3 Å². The van der Waals surface area contributed by atoms with Gasteiger partial charge in [0.15, 0.2) is 0 Å². The lowest BCUT2D eigenvalue weighted by Crippen LogP contribution is -2.26. The molecule has 9 heteroatoms. The Morgan fingerprint density at radius 3 is 1.89 bits per heavy atom. The molecule has 4 rings (SSSR count). The summed E-state index contributed by atoms with van der Waals surface area (Å²) in [5.41, 5.74) is 0.0153. The minimum absolute atomic E-state index is 0.0680. The average Bonchev–Trinajstić information content (AvgIpc) is 2.86. The number of nitrogens with zero attached hydrogens (tertiary/aromatic N) is 3. The second-order valence-corrected chi connectivity index (χ2v) is 9.25. The highest BCUT2D eigenvalue weighted by Crippen LogP contribution is 2.36. The lowest BCUT2D eigenvalue weighted by molar-refractivity contribution is -0.143. The van der Waals surface area contributed by atoms with E-state index in [1.165, 1.54) is 0 Å². The second-order valence-electron chi connectivity index (χ2n) is 9.25. The predicted molar refractivity (Wildman–Crippen MR) is 137 cm³/mol. The van der Waals surface area contributed by atoms with Gasteiger partial charge in [0.2, 0.25) is 0 Å². The first-order valence-electron chi connectivity index (χ1n) is 12.1. The van der Waals surface area contributed by atoms with Crippen LogP contribution in [-0.4, -0.2) is 23.5 Å². The van der Waals surface area contributed by atoms with Gasteiger partial charge in [0.05, 0.1) is 16.6 Å². The van der Waals surface area contributed by atoms with Crippen LogP contribution in [0.15, 0.2) is 78.9 Å². The Labute approximate surface area is 217 Å². The van der Waals surface area contributed by atoms with Crippen LogP contribution in [0.5, 0.6) is 0 Å². The van der Waals surface area contributed by atoms with Gasteiger partial charge in [-0.3, -0.25) is 4.90 Å². The Bertz CT molecular complexity index is 1350.